The summed E-state index contributed by atoms with van der Waals surface area (Å²) >= 11 is 5.90. The molecule has 1 atom stereocenters. The number of pyridine rings is 1. The third kappa shape index (κ3) is 2.51. The van der Waals surface area contributed by atoms with Crippen molar-refractivity contribution in [2.24, 2.45) is 0 Å². The van der Waals surface area contributed by atoms with Gasteiger partial charge in [-0.15, -0.1) is 0 Å². The summed E-state index contributed by atoms with van der Waals surface area (Å²) in [4.78, 5) is 18.7. The van der Waals surface area contributed by atoms with Crippen LogP contribution in [0.25, 0.3) is 0 Å². The van der Waals surface area contributed by atoms with Gasteiger partial charge >= 0.3 is 6.09 Å². The molecular formula is C12H16ClN3O2. The Hall–Kier alpha value is -1.49. The fraction of sp³-hybridized carbons (Fsp3) is 0.500. The van der Waals surface area contributed by atoms with Gasteiger partial charge in [-0.2, -0.15) is 0 Å². The number of amides is 1. The smallest absolute Gasteiger partial charge is 0.407 e. The number of aryl methyl sites for hydroxylation is 1. The van der Waals surface area contributed by atoms with Gasteiger partial charge < -0.3 is 14.9 Å². The lowest BCUT2D eigenvalue weighted by Gasteiger charge is -2.39. The minimum Gasteiger partial charge on any atom is -0.465 e. The zero-order chi connectivity index (χ0) is 13.3. The van der Waals surface area contributed by atoms with Gasteiger partial charge in [0.2, 0.25) is 0 Å². The summed E-state index contributed by atoms with van der Waals surface area (Å²) in [7, 11) is 0. The first-order valence-corrected chi connectivity index (χ1v) is 6.23. The molecule has 0 aliphatic carbocycles. The van der Waals surface area contributed by atoms with Crippen LogP contribution >= 0.6 is 11.6 Å². The monoisotopic (exact) mass is 269 g/mol. The standard InChI is InChI=1S/C12H16ClN3O2/c1-8-5-10(6-14-11(8)13)15-3-4-16(12(17)18)9(2)7-15/h5-6,9H,3-4,7H2,1-2H3,(H,17,18)/t9-/m0/s1. The molecule has 0 aromatic carbocycles. The van der Waals surface area contributed by atoms with Crippen LogP contribution in [0.5, 0.6) is 0 Å². The highest BCUT2D eigenvalue weighted by atomic mass is 35.5. The highest BCUT2D eigenvalue weighted by Crippen LogP contribution is 2.22. The second-order valence-corrected chi connectivity index (χ2v) is 4.93. The van der Waals surface area contributed by atoms with E-state index in [-0.39, 0.29) is 6.04 Å². The number of hydrogen-bond donors (Lipinski definition) is 1. The maximum absolute atomic E-state index is 11.0. The first kappa shape index (κ1) is 13.0. The maximum Gasteiger partial charge on any atom is 0.407 e. The van der Waals surface area contributed by atoms with Gasteiger partial charge in [-0.05, 0) is 25.5 Å². The number of nitrogens with zero attached hydrogens (tertiary/aromatic N) is 3. The van der Waals surface area contributed by atoms with Gasteiger partial charge in [0.15, 0.2) is 0 Å². The number of hydrogen-bond acceptors (Lipinski definition) is 3. The summed E-state index contributed by atoms with van der Waals surface area (Å²) in [5, 5.41) is 9.53. The molecule has 0 saturated carbocycles. The second-order valence-electron chi connectivity index (χ2n) is 4.57. The second kappa shape index (κ2) is 5.02. The minimum absolute atomic E-state index is 0.0211. The van der Waals surface area contributed by atoms with E-state index in [9.17, 15) is 4.79 Å². The van der Waals surface area contributed by atoms with Crippen molar-refractivity contribution in [2.45, 2.75) is 19.9 Å². The molecule has 5 nitrogen and oxygen atoms in total. The first-order valence-electron chi connectivity index (χ1n) is 5.85. The van der Waals surface area contributed by atoms with Crippen LogP contribution in [0.1, 0.15) is 12.5 Å². The predicted molar refractivity (Wildman–Crippen MR) is 70.4 cm³/mol. The van der Waals surface area contributed by atoms with E-state index in [4.69, 9.17) is 16.7 Å². The van der Waals surface area contributed by atoms with E-state index in [1.807, 2.05) is 19.9 Å². The lowest BCUT2D eigenvalue weighted by molar-refractivity contribution is 0.122. The Labute approximate surface area is 111 Å². The van der Waals surface area contributed by atoms with Crippen molar-refractivity contribution in [2.75, 3.05) is 24.5 Å². The Balaban J connectivity index is 2.12. The van der Waals surface area contributed by atoms with Crippen molar-refractivity contribution >= 4 is 23.4 Å². The number of aromatic nitrogens is 1. The summed E-state index contributed by atoms with van der Waals surface area (Å²) in [6, 6.07) is 1.96. The summed E-state index contributed by atoms with van der Waals surface area (Å²) in [5.74, 6) is 0. The largest absolute Gasteiger partial charge is 0.465 e. The van der Waals surface area contributed by atoms with Crippen molar-refractivity contribution in [3.05, 3.63) is 23.0 Å². The molecule has 1 aromatic heterocycles. The van der Waals surface area contributed by atoms with Crippen LogP contribution in [0.3, 0.4) is 0 Å². The molecule has 1 amide bonds. The average Bonchev–Trinajstić information content (AvgIpc) is 2.32. The van der Waals surface area contributed by atoms with Crippen LogP contribution in [-0.2, 0) is 0 Å². The zero-order valence-electron chi connectivity index (χ0n) is 10.4. The van der Waals surface area contributed by atoms with Crippen molar-refractivity contribution in [3.63, 3.8) is 0 Å². The predicted octanol–water partition coefficient (Wildman–Crippen LogP) is 2.23. The van der Waals surface area contributed by atoms with E-state index in [2.05, 4.69) is 9.88 Å². The summed E-state index contributed by atoms with van der Waals surface area (Å²) in [6.07, 6.45) is 0.880. The van der Waals surface area contributed by atoms with Gasteiger partial charge in [-0.1, -0.05) is 11.6 Å². The number of rotatable bonds is 1. The molecule has 1 fully saturated rings. The minimum atomic E-state index is -0.854. The molecule has 0 bridgehead atoms. The average molecular weight is 270 g/mol. The van der Waals surface area contributed by atoms with Gasteiger partial charge in [0.25, 0.3) is 0 Å². The highest BCUT2D eigenvalue weighted by molar-refractivity contribution is 6.30. The first-order chi connectivity index (χ1) is 8.49. The lowest BCUT2D eigenvalue weighted by Crippen LogP contribution is -2.53. The number of halogens is 1. The van der Waals surface area contributed by atoms with Gasteiger partial charge in [0.1, 0.15) is 5.15 Å². The summed E-state index contributed by atoms with van der Waals surface area (Å²) in [6.45, 7) is 5.69. The Morgan fingerprint density at radius 2 is 2.28 bits per heavy atom. The number of carbonyl (C=O) groups is 1. The molecule has 1 aliphatic rings. The molecular weight excluding hydrogens is 254 g/mol. The third-order valence-electron chi connectivity index (χ3n) is 3.24. The Bertz CT molecular complexity index is 467. The van der Waals surface area contributed by atoms with Crippen molar-refractivity contribution in [3.8, 4) is 0 Å². The molecule has 6 heteroatoms. The number of anilines is 1. The SMILES string of the molecule is Cc1cc(N2CCN(C(=O)O)[C@@H](C)C2)cnc1Cl. The molecule has 18 heavy (non-hydrogen) atoms. The Morgan fingerprint density at radius 1 is 1.56 bits per heavy atom. The van der Waals surface area contributed by atoms with Gasteiger partial charge in [0, 0.05) is 25.7 Å². The molecule has 1 N–H and O–H groups in total. The molecule has 2 rings (SSSR count). The molecule has 0 radical (unpaired) electrons. The quantitative estimate of drug-likeness (QED) is 0.795. The molecule has 0 unspecified atom stereocenters. The normalized spacial score (nSPS) is 20.1. The lowest BCUT2D eigenvalue weighted by atomic mass is 10.2. The van der Waals surface area contributed by atoms with Crippen molar-refractivity contribution in [1.29, 1.82) is 0 Å². The number of piperazine rings is 1. The topological polar surface area (TPSA) is 56.7 Å². The maximum atomic E-state index is 11.0. The van der Waals surface area contributed by atoms with E-state index < -0.39 is 6.09 Å². The molecule has 2 heterocycles. The van der Waals surface area contributed by atoms with Crippen molar-refractivity contribution < 1.29 is 9.90 Å². The van der Waals surface area contributed by atoms with E-state index in [1.165, 1.54) is 4.90 Å². The van der Waals surface area contributed by atoms with Crippen LogP contribution in [0.15, 0.2) is 12.3 Å². The van der Waals surface area contributed by atoms with E-state index in [0.29, 0.717) is 24.8 Å². The fourth-order valence-corrected chi connectivity index (χ4v) is 2.30. The summed E-state index contributed by atoms with van der Waals surface area (Å²) in [5.41, 5.74) is 1.93. The summed E-state index contributed by atoms with van der Waals surface area (Å²) < 4.78 is 0. The van der Waals surface area contributed by atoms with E-state index in [1.54, 1.807) is 6.20 Å². The van der Waals surface area contributed by atoms with Crippen LogP contribution in [0.4, 0.5) is 10.5 Å². The molecule has 1 aliphatic heterocycles. The molecule has 1 saturated heterocycles. The highest BCUT2D eigenvalue weighted by Gasteiger charge is 2.27. The molecule has 1 aromatic rings. The number of carboxylic acid groups (broad SMARTS) is 1. The van der Waals surface area contributed by atoms with Gasteiger partial charge in [0.05, 0.1) is 11.9 Å². The van der Waals surface area contributed by atoms with Crippen LogP contribution < -0.4 is 4.90 Å². The van der Waals surface area contributed by atoms with Gasteiger partial charge in [-0.3, -0.25) is 0 Å². The molecule has 0 spiro atoms. The van der Waals surface area contributed by atoms with Crippen LogP contribution in [0.2, 0.25) is 5.15 Å². The van der Waals surface area contributed by atoms with Gasteiger partial charge in [-0.25, -0.2) is 9.78 Å². The van der Waals surface area contributed by atoms with E-state index >= 15 is 0 Å². The molecule has 98 valence electrons. The van der Waals surface area contributed by atoms with Crippen molar-refractivity contribution in [1.82, 2.24) is 9.88 Å². The third-order valence-corrected chi connectivity index (χ3v) is 3.63. The Morgan fingerprint density at radius 3 is 2.83 bits per heavy atom. The van der Waals surface area contributed by atoms with Crippen LogP contribution in [-0.4, -0.2) is 46.8 Å². The van der Waals surface area contributed by atoms with Crippen LogP contribution in [0, 0.1) is 6.92 Å². The zero-order valence-corrected chi connectivity index (χ0v) is 11.2. The fourth-order valence-electron chi connectivity index (χ4n) is 2.19. The Kier molecular flexibility index (Phi) is 3.61. The van der Waals surface area contributed by atoms with E-state index in [0.717, 1.165) is 11.3 Å².